The van der Waals surface area contributed by atoms with E-state index in [0.29, 0.717) is 10.9 Å². The number of hydrogen-bond acceptors (Lipinski definition) is 5. The van der Waals surface area contributed by atoms with Crippen LogP contribution in [-0.2, 0) is 6.54 Å². The molecule has 0 fully saturated rings. The molecular weight excluding hydrogens is 270 g/mol. The molecule has 0 aliphatic rings. The van der Waals surface area contributed by atoms with Gasteiger partial charge >= 0.3 is 0 Å². The van der Waals surface area contributed by atoms with E-state index in [4.69, 9.17) is 11.6 Å². The first kappa shape index (κ1) is 11.4. The maximum atomic E-state index is 5.99. The van der Waals surface area contributed by atoms with Crippen LogP contribution in [0.15, 0.2) is 29.9 Å². The van der Waals surface area contributed by atoms with Gasteiger partial charge in [0.25, 0.3) is 5.78 Å². The molecule has 3 heterocycles. The van der Waals surface area contributed by atoms with Gasteiger partial charge in [-0.05, 0) is 11.4 Å². The van der Waals surface area contributed by atoms with E-state index in [0.717, 1.165) is 12.4 Å². The minimum absolute atomic E-state index is 0.420. The van der Waals surface area contributed by atoms with E-state index in [2.05, 4.69) is 31.4 Å². The minimum Gasteiger partial charge on any atom is -0.354 e. The number of halogens is 1. The topological polar surface area (TPSA) is 46.3 Å². The van der Waals surface area contributed by atoms with E-state index in [1.807, 2.05) is 13.1 Å². The second kappa shape index (κ2) is 4.55. The fraction of sp³-hybridized carbons (Fsp3) is 0.182. The third-order valence-corrected chi connectivity index (χ3v) is 3.62. The Kier molecular flexibility index (Phi) is 2.89. The van der Waals surface area contributed by atoms with E-state index < -0.39 is 0 Å². The molecule has 18 heavy (non-hydrogen) atoms. The van der Waals surface area contributed by atoms with E-state index in [1.165, 1.54) is 11.2 Å². The third kappa shape index (κ3) is 2.04. The molecule has 0 spiro atoms. The van der Waals surface area contributed by atoms with Crippen LogP contribution < -0.4 is 4.90 Å². The molecule has 0 atom stereocenters. The summed E-state index contributed by atoms with van der Waals surface area (Å²) >= 11 is 7.71. The van der Waals surface area contributed by atoms with Crippen LogP contribution in [0.2, 0.25) is 5.15 Å². The zero-order valence-electron chi connectivity index (χ0n) is 9.62. The molecule has 0 aromatic carbocycles. The van der Waals surface area contributed by atoms with Crippen molar-refractivity contribution < 1.29 is 0 Å². The van der Waals surface area contributed by atoms with Crippen LogP contribution in [0.3, 0.4) is 0 Å². The summed E-state index contributed by atoms with van der Waals surface area (Å²) in [5.74, 6) is 1.38. The molecule has 0 radical (unpaired) electrons. The molecule has 0 aliphatic carbocycles. The Bertz CT molecular complexity index is 663. The average Bonchev–Trinajstić information content (AvgIpc) is 2.97. The smallest absolute Gasteiger partial charge is 0.255 e. The predicted molar refractivity (Wildman–Crippen MR) is 72.2 cm³/mol. The Morgan fingerprint density at radius 2 is 2.39 bits per heavy atom. The van der Waals surface area contributed by atoms with Crippen molar-refractivity contribution in [3.63, 3.8) is 0 Å². The highest BCUT2D eigenvalue weighted by atomic mass is 35.5. The van der Waals surface area contributed by atoms with Gasteiger partial charge < -0.3 is 4.90 Å². The Labute approximate surface area is 113 Å². The van der Waals surface area contributed by atoms with Crippen LogP contribution in [-0.4, -0.2) is 26.6 Å². The summed E-state index contributed by atoms with van der Waals surface area (Å²) < 4.78 is 1.68. The predicted octanol–water partition coefficient (Wildman–Crippen LogP) is 2.48. The number of anilines is 1. The average molecular weight is 280 g/mol. The normalized spacial score (nSPS) is 11.0. The van der Waals surface area contributed by atoms with Gasteiger partial charge in [-0.3, -0.25) is 0 Å². The molecule has 0 saturated heterocycles. The summed E-state index contributed by atoms with van der Waals surface area (Å²) in [6, 6.07) is 5.93. The fourth-order valence-corrected chi connectivity index (χ4v) is 2.69. The van der Waals surface area contributed by atoms with Crippen molar-refractivity contribution in [3.8, 4) is 0 Å². The van der Waals surface area contributed by atoms with Crippen LogP contribution in [0.25, 0.3) is 5.78 Å². The largest absolute Gasteiger partial charge is 0.354 e. The number of aromatic nitrogens is 4. The highest BCUT2D eigenvalue weighted by Gasteiger charge is 2.11. The van der Waals surface area contributed by atoms with Gasteiger partial charge in [0, 0.05) is 18.0 Å². The van der Waals surface area contributed by atoms with Gasteiger partial charge in [-0.25, -0.2) is 0 Å². The molecule has 3 aromatic heterocycles. The summed E-state index contributed by atoms with van der Waals surface area (Å²) in [5.41, 5.74) is 0. The van der Waals surface area contributed by atoms with Crippen molar-refractivity contribution >= 4 is 34.5 Å². The Balaban J connectivity index is 2.00. The summed E-state index contributed by atoms with van der Waals surface area (Å²) in [6.07, 6.45) is 1.47. The van der Waals surface area contributed by atoms with E-state index in [9.17, 15) is 0 Å². The maximum absolute atomic E-state index is 5.99. The van der Waals surface area contributed by atoms with Crippen molar-refractivity contribution in [1.29, 1.82) is 0 Å². The summed E-state index contributed by atoms with van der Waals surface area (Å²) in [7, 11) is 1.99. The summed E-state index contributed by atoms with van der Waals surface area (Å²) in [4.78, 5) is 11.5. The van der Waals surface area contributed by atoms with E-state index >= 15 is 0 Å². The lowest BCUT2D eigenvalue weighted by atomic mass is 10.4. The highest BCUT2D eigenvalue weighted by molar-refractivity contribution is 7.09. The molecular formula is C11H10ClN5S. The Morgan fingerprint density at radius 3 is 3.17 bits per heavy atom. The molecule has 0 bridgehead atoms. The van der Waals surface area contributed by atoms with Crippen molar-refractivity contribution in [3.05, 3.63) is 39.9 Å². The molecule has 0 unspecified atom stereocenters. The number of fused-ring (bicyclic) bond motifs is 1. The molecule has 7 heteroatoms. The van der Waals surface area contributed by atoms with Crippen LogP contribution in [0.4, 0.5) is 5.82 Å². The Hall–Kier alpha value is -1.66. The van der Waals surface area contributed by atoms with Crippen LogP contribution in [0.5, 0.6) is 0 Å². The monoisotopic (exact) mass is 279 g/mol. The van der Waals surface area contributed by atoms with Crippen LogP contribution in [0, 0.1) is 0 Å². The zero-order chi connectivity index (χ0) is 12.5. The molecule has 92 valence electrons. The van der Waals surface area contributed by atoms with Crippen molar-refractivity contribution in [2.45, 2.75) is 6.54 Å². The number of nitrogens with zero attached hydrogens (tertiary/aromatic N) is 5. The van der Waals surface area contributed by atoms with Gasteiger partial charge in [0.15, 0.2) is 0 Å². The second-order valence-electron chi connectivity index (χ2n) is 3.84. The van der Waals surface area contributed by atoms with Gasteiger partial charge in [0.2, 0.25) is 0 Å². The van der Waals surface area contributed by atoms with Gasteiger partial charge in [-0.2, -0.15) is 19.6 Å². The second-order valence-corrected chi connectivity index (χ2v) is 5.26. The van der Waals surface area contributed by atoms with Crippen molar-refractivity contribution in [2.75, 3.05) is 11.9 Å². The third-order valence-electron chi connectivity index (χ3n) is 2.57. The molecule has 3 rings (SSSR count). The lowest BCUT2D eigenvalue weighted by molar-refractivity contribution is 0.839. The van der Waals surface area contributed by atoms with Gasteiger partial charge in [-0.15, -0.1) is 11.3 Å². The lowest BCUT2D eigenvalue weighted by Gasteiger charge is -2.18. The first-order chi connectivity index (χ1) is 8.74. The molecule has 0 amide bonds. The van der Waals surface area contributed by atoms with Gasteiger partial charge in [-0.1, -0.05) is 17.7 Å². The zero-order valence-corrected chi connectivity index (χ0v) is 11.2. The molecule has 3 aromatic rings. The van der Waals surface area contributed by atoms with Crippen LogP contribution >= 0.6 is 22.9 Å². The molecule has 0 N–H and O–H groups in total. The highest BCUT2D eigenvalue weighted by Crippen LogP contribution is 2.20. The maximum Gasteiger partial charge on any atom is 0.255 e. The SMILES string of the molecule is CN(Cc1cccs1)c1cc(Cl)nc2ncnn12. The fourth-order valence-electron chi connectivity index (χ4n) is 1.76. The van der Waals surface area contributed by atoms with Gasteiger partial charge in [0.1, 0.15) is 17.3 Å². The molecule has 5 nitrogen and oxygen atoms in total. The molecule has 0 saturated carbocycles. The first-order valence-electron chi connectivity index (χ1n) is 5.34. The van der Waals surface area contributed by atoms with Crippen molar-refractivity contribution in [2.24, 2.45) is 0 Å². The van der Waals surface area contributed by atoms with Crippen molar-refractivity contribution in [1.82, 2.24) is 19.6 Å². The summed E-state index contributed by atoms with van der Waals surface area (Å²) in [6.45, 7) is 0.799. The standard InChI is InChI=1S/C11H10ClN5S/c1-16(6-8-3-2-4-18-8)10-5-9(12)15-11-13-7-14-17(10)11/h2-5,7H,6H2,1H3. The first-order valence-corrected chi connectivity index (χ1v) is 6.59. The minimum atomic E-state index is 0.420. The van der Waals surface area contributed by atoms with E-state index in [1.54, 1.807) is 21.9 Å². The van der Waals surface area contributed by atoms with Crippen LogP contribution in [0.1, 0.15) is 4.88 Å². The van der Waals surface area contributed by atoms with E-state index in [-0.39, 0.29) is 0 Å². The quantitative estimate of drug-likeness (QED) is 0.691. The number of hydrogen-bond donors (Lipinski definition) is 0. The number of thiophene rings is 1. The molecule has 0 aliphatic heterocycles. The lowest BCUT2D eigenvalue weighted by Crippen LogP contribution is -2.19. The van der Waals surface area contributed by atoms with Gasteiger partial charge in [0.05, 0.1) is 6.54 Å². The number of rotatable bonds is 3. The summed E-state index contributed by atoms with van der Waals surface area (Å²) in [5, 5.41) is 6.64. The Morgan fingerprint density at radius 1 is 1.50 bits per heavy atom.